The second-order valence-electron chi connectivity index (χ2n) is 4.25. The molecule has 0 saturated heterocycles. The van der Waals surface area contributed by atoms with E-state index in [1.165, 1.54) is 10.9 Å². The summed E-state index contributed by atoms with van der Waals surface area (Å²) < 4.78 is 0. The number of nitrogens with one attached hydrogen (secondary N) is 1. The van der Waals surface area contributed by atoms with Gasteiger partial charge in [0.15, 0.2) is 0 Å². The first kappa shape index (κ1) is 11.6. The van der Waals surface area contributed by atoms with E-state index in [9.17, 15) is 0 Å². The van der Waals surface area contributed by atoms with Gasteiger partial charge in [-0.1, -0.05) is 18.1 Å². The van der Waals surface area contributed by atoms with E-state index in [0.717, 1.165) is 17.8 Å². The van der Waals surface area contributed by atoms with Crippen LogP contribution >= 0.6 is 0 Å². The van der Waals surface area contributed by atoms with Crippen LogP contribution in [0.2, 0.25) is 0 Å². The van der Waals surface area contributed by atoms with Gasteiger partial charge in [0.05, 0.1) is 11.6 Å². The van der Waals surface area contributed by atoms with Gasteiger partial charge < -0.3 is 0 Å². The Labute approximate surface area is 102 Å². The molecule has 0 amide bonds. The first-order valence-electron chi connectivity index (χ1n) is 5.75. The van der Waals surface area contributed by atoms with Gasteiger partial charge >= 0.3 is 0 Å². The number of rotatable bonds is 3. The van der Waals surface area contributed by atoms with Crippen molar-refractivity contribution in [1.82, 2.24) is 10.3 Å². The molecule has 0 aliphatic rings. The number of benzene rings is 1. The van der Waals surface area contributed by atoms with Crippen molar-refractivity contribution in [1.29, 1.82) is 0 Å². The molecule has 0 radical (unpaired) electrons. The molecule has 0 aliphatic heterocycles. The molecule has 1 N–H and O–H groups in total. The second kappa shape index (κ2) is 4.99. The number of terminal acetylenes is 1. The normalized spacial score (nSPS) is 12.3. The van der Waals surface area contributed by atoms with Crippen LogP contribution in [0.4, 0.5) is 0 Å². The smallest absolute Gasteiger partial charge is 0.0705 e. The van der Waals surface area contributed by atoms with E-state index in [-0.39, 0.29) is 6.04 Å². The van der Waals surface area contributed by atoms with Gasteiger partial charge in [0.25, 0.3) is 0 Å². The molecule has 1 atom stereocenters. The van der Waals surface area contributed by atoms with Crippen molar-refractivity contribution in [2.45, 2.75) is 26.4 Å². The third kappa shape index (κ3) is 2.83. The van der Waals surface area contributed by atoms with E-state index in [1.54, 1.807) is 0 Å². The van der Waals surface area contributed by atoms with Crippen LogP contribution in [0.5, 0.6) is 0 Å². The van der Waals surface area contributed by atoms with Crippen LogP contribution in [0.3, 0.4) is 0 Å². The lowest BCUT2D eigenvalue weighted by molar-refractivity contribution is 0.648. The summed E-state index contributed by atoms with van der Waals surface area (Å²) in [5.74, 6) is 2.66. The molecular weight excluding hydrogens is 208 g/mol. The van der Waals surface area contributed by atoms with Crippen LogP contribution in [0, 0.1) is 19.3 Å². The van der Waals surface area contributed by atoms with Crippen molar-refractivity contribution in [2.75, 3.05) is 0 Å². The Bertz CT molecular complexity index is 567. The predicted octanol–water partition coefficient (Wildman–Crippen LogP) is 2.65. The minimum atomic E-state index is 0.0989. The SMILES string of the molecule is C#CC(C)NCc1ccc2nc(C)ccc2c1. The zero-order valence-electron chi connectivity index (χ0n) is 10.2. The van der Waals surface area contributed by atoms with Crippen LogP contribution < -0.4 is 5.32 Å². The average molecular weight is 224 g/mol. The number of aromatic nitrogens is 1. The van der Waals surface area contributed by atoms with Crippen LogP contribution in [-0.4, -0.2) is 11.0 Å². The quantitative estimate of drug-likeness (QED) is 0.811. The molecule has 86 valence electrons. The average Bonchev–Trinajstić information content (AvgIpc) is 2.35. The molecule has 0 bridgehead atoms. The lowest BCUT2D eigenvalue weighted by atomic mass is 10.1. The zero-order chi connectivity index (χ0) is 12.3. The maximum Gasteiger partial charge on any atom is 0.0705 e. The fourth-order valence-electron chi connectivity index (χ4n) is 1.72. The summed E-state index contributed by atoms with van der Waals surface area (Å²) in [6, 6.07) is 10.5. The van der Waals surface area contributed by atoms with Gasteiger partial charge in [-0.3, -0.25) is 10.3 Å². The van der Waals surface area contributed by atoms with Gasteiger partial charge in [0, 0.05) is 17.6 Å². The first-order chi connectivity index (χ1) is 8.19. The highest BCUT2D eigenvalue weighted by molar-refractivity contribution is 5.79. The number of hydrogen-bond donors (Lipinski definition) is 1. The van der Waals surface area contributed by atoms with Crippen LogP contribution in [-0.2, 0) is 6.54 Å². The summed E-state index contributed by atoms with van der Waals surface area (Å²) in [6.07, 6.45) is 5.32. The van der Waals surface area contributed by atoms with Crippen LogP contribution in [0.15, 0.2) is 30.3 Å². The standard InChI is InChI=1S/C15H16N2/c1-4-11(2)16-10-13-6-8-15-14(9-13)7-5-12(3)17-15/h1,5-9,11,16H,10H2,2-3H3. The highest BCUT2D eigenvalue weighted by Crippen LogP contribution is 2.14. The lowest BCUT2D eigenvalue weighted by Crippen LogP contribution is -2.23. The topological polar surface area (TPSA) is 24.9 Å². The third-order valence-electron chi connectivity index (χ3n) is 2.76. The maximum atomic E-state index is 5.32. The Balaban J connectivity index is 2.21. The van der Waals surface area contributed by atoms with Crippen molar-refractivity contribution in [3.05, 3.63) is 41.6 Å². The Morgan fingerprint density at radius 2 is 2.18 bits per heavy atom. The van der Waals surface area contributed by atoms with Gasteiger partial charge in [0.1, 0.15) is 0 Å². The summed E-state index contributed by atoms with van der Waals surface area (Å²) in [7, 11) is 0. The fourth-order valence-corrected chi connectivity index (χ4v) is 1.72. The highest BCUT2D eigenvalue weighted by atomic mass is 14.9. The Kier molecular flexibility index (Phi) is 3.41. The van der Waals surface area contributed by atoms with Crippen molar-refractivity contribution < 1.29 is 0 Å². The van der Waals surface area contributed by atoms with E-state index in [1.807, 2.05) is 19.9 Å². The number of hydrogen-bond acceptors (Lipinski definition) is 2. The number of nitrogens with zero attached hydrogens (tertiary/aromatic N) is 1. The van der Waals surface area contributed by atoms with E-state index in [0.29, 0.717) is 0 Å². The minimum Gasteiger partial charge on any atom is -0.300 e. The highest BCUT2D eigenvalue weighted by Gasteiger charge is 2.00. The van der Waals surface area contributed by atoms with Gasteiger partial charge in [-0.2, -0.15) is 0 Å². The molecule has 17 heavy (non-hydrogen) atoms. The summed E-state index contributed by atoms with van der Waals surface area (Å²) in [5, 5.41) is 4.44. The number of fused-ring (bicyclic) bond motifs is 1. The van der Waals surface area contributed by atoms with Crippen LogP contribution in [0.25, 0.3) is 10.9 Å². The Hall–Kier alpha value is -1.85. The molecule has 1 heterocycles. The summed E-state index contributed by atoms with van der Waals surface area (Å²) in [6.45, 7) is 4.77. The minimum absolute atomic E-state index is 0.0989. The third-order valence-corrected chi connectivity index (χ3v) is 2.76. The van der Waals surface area contributed by atoms with Crippen LogP contribution in [0.1, 0.15) is 18.2 Å². The number of pyridine rings is 1. The van der Waals surface area contributed by atoms with Gasteiger partial charge in [-0.15, -0.1) is 6.42 Å². The van der Waals surface area contributed by atoms with Gasteiger partial charge in [0.2, 0.25) is 0 Å². The zero-order valence-corrected chi connectivity index (χ0v) is 10.2. The Morgan fingerprint density at radius 3 is 2.94 bits per heavy atom. The molecule has 0 spiro atoms. The van der Waals surface area contributed by atoms with Crippen molar-refractivity contribution >= 4 is 10.9 Å². The molecule has 0 fully saturated rings. The summed E-state index contributed by atoms with van der Waals surface area (Å²) in [5.41, 5.74) is 3.31. The molecule has 2 nitrogen and oxygen atoms in total. The number of aryl methyl sites for hydroxylation is 1. The van der Waals surface area contributed by atoms with Crippen molar-refractivity contribution in [3.8, 4) is 12.3 Å². The fraction of sp³-hybridized carbons (Fsp3) is 0.267. The molecule has 1 aromatic heterocycles. The molecule has 1 aromatic carbocycles. The van der Waals surface area contributed by atoms with Crippen molar-refractivity contribution in [2.24, 2.45) is 0 Å². The second-order valence-corrected chi connectivity index (χ2v) is 4.25. The molecule has 2 aromatic rings. The van der Waals surface area contributed by atoms with E-state index in [2.05, 4.69) is 40.5 Å². The lowest BCUT2D eigenvalue weighted by Gasteiger charge is -2.08. The van der Waals surface area contributed by atoms with E-state index in [4.69, 9.17) is 6.42 Å². The van der Waals surface area contributed by atoms with Gasteiger partial charge in [-0.25, -0.2) is 0 Å². The molecule has 2 heteroatoms. The first-order valence-corrected chi connectivity index (χ1v) is 5.75. The maximum absolute atomic E-state index is 5.32. The molecular formula is C15H16N2. The predicted molar refractivity (Wildman–Crippen MR) is 71.6 cm³/mol. The molecule has 1 unspecified atom stereocenters. The molecule has 0 aliphatic carbocycles. The molecule has 0 saturated carbocycles. The monoisotopic (exact) mass is 224 g/mol. The van der Waals surface area contributed by atoms with Gasteiger partial charge in [-0.05, 0) is 37.6 Å². The largest absolute Gasteiger partial charge is 0.300 e. The van der Waals surface area contributed by atoms with E-state index >= 15 is 0 Å². The molecule has 2 rings (SSSR count). The Morgan fingerprint density at radius 1 is 1.35 bits per heavy atom. The summed E-state index contributed by atoms with van der Waals surface area (Å²) >= 11 is 0. The van der Waals surface area contributed by atoms with Crippen molar-refractivity contribution in [3.63, 3.8) is 0 Å². The summed E-state index contributed by atoms with van der Waals surface area (Å²) in [4.78, 5) is 4.48. The van der Waals surface area contributed by atoms with E-state index < -0.39 is 0 Å².